The van der Waals surface area contributed by atoms with Crippen LogP contribution in [-0.2, 0) is 28.4 Å². The summed E-state index contributed by atoms with van der Waals surface area (Å²) >= 11 is 1.98. The number of hydrogen-bond acceptors (Lipinski definition) is 6. The summed E-state index contributed by atoms with van der Waals surface area (Å²) in [6, 6.07) is 5.97. The van der Waals surface area contributed by atoms with Crippen LogP contribution in [0.4, 0.5) is 21.6 Å². The molecule has 0 bridgehead atoms. The number of hydrogen-bond donors (Lipinski definition) is 3. The predicted molar refractivity (Wildman–Crippen MR) is 130 cm³/mol. The normalized spacial score (nSPS) is 15.3. The van der Waals surface area contributed by atoms with Crippen molar-refractivity contribution in [1.29, 1.82) is 0 Å². The van der Waals surface area contributed by atoms with E-state index in [1.54, 1.807) is 13.0 Å². The Kier molecular flexibility index (Phi) is 7.84. The van der Waals surface area contributed by atoms with Crippen molar-refractivity contribution >= 4 is 49.8 Å². The average molecular weight is 579 g/mol. The van der Waals surface area contributed by atoms with Crippen LogP contribution in [-0.4, -0.2) is 36.1 Å². The number of nitrogens with one attached hydrogen (secondary N) is 2. The van der Waals surface area contributed by atoms with Gasteiger partial charge in [-0.25, -0.2) is 12.8 Å². The van der Waals surface area contributed by atoms with E-state index >= 15 is 0 Å². The van der Waals surface area contributed by atoms with Gasteiger partial charge >= 0.3 is 0 Å². The largest absolute Gasteiger partial charge is 0.396 e. The molecule has 3 N–H and O–H groups in total. The molecule has 1 saturated carbocycles. The molecule has 11 heteroatoms. The molecule has 32 heavy (non-hydrogen) atoms. The molecule has 0 radical (unpaired) electrons. The van der Waals surface area contributed by atoms with Crippen LogP contribution in [0.2, 0.25) is 0 Å². The molecular weight excluding hydrogens is 552 g/mol. The molecule has 1 heterocycles. The lowest BCUT2D eigenvalue weighted by Gasteiger charge is -2.40. The lowest BCUT2D eigenvalue weighted by atomic mass is 9.82. The fourth-order valence-corrected chi connectivity index (χ4v) is 6.05. The number of sulfonamides is 1. The zero-order valence-corrected chi connectivity index (χ0v) is 20.9. The van der Waals surface area contributed by atoms with Crippen molar-refractivity contribution in [3.63, 3.8) is 0 Å². The maximum Gasteiger partial charge on any atom is 0.257 e. The molecule has 176 valence electrons. The summed E-state index contributed by atoms with van der Waals surface area (Å²) in [6.45, 7) is 1.94. The topological polar surface area (TPSA) is 110 Å². The molecule has 3 rings (SSSR count). The van der Waals surface area contributed by atoms with Gasteiger partial charge in [0.1, 0.15) is 11.6 Å². The lowest BCUT2D eigenvalue weighted by molar-refractivity contribution is 0.133. The van der Waals surface area contributed by atoms with E-state index in [2.05, 4.69) is 10.0 Å². The lowest BCUT2D eigenvalue weighted by Crippen LogP contribution is -2.49. The Hall–Kier alpha value is -1.70. The van der Waals surface area contributed by atoms with Crippen LogP contribution in [0, 0.1) is 9.39 Å². The van der Waals surface area contributed by atoms with Crippen LogP contribution in [0.25, 0.3) is 0 Å². The maximum atomic E-state index is 14.5. The van der Waals surface area contributed by atoms with Crippen molar-refractivity contribution in [3.8, 4) is 0 Å². The standard InChI is InChI=1S/C21H27FIN3O5S/c1-3-31-13-14-11-18(25-32(29,30)21(9-10-27)7-4-8-21)19(26(2)20(14)28)24-17-6-5-15(23)12-16(17)22/h5-6,11-12,24-25,27H,3-4,7-10,13H2,1-2H3. The first kappa shape index (κ1) is 24.9. The quantitative estimate of drug-likeness (QED) is 0.372. The van der Waals surface area contributed by atoms with E-state index < -0.39 is 20.6 Å². The van der Waals surface area contributed by atoms with Gasteiger partial charge in [0, 0.05) is 29.4 Å². The molecule has 1 fully saturated rings. The Balaban J connectivity index is 2.09. The summed E-state index contributed by atoms with van der Waals surface area (Å²) < 4.78 is 49.9. The van der Waals surface area contributed by atoms with E-state index in [4.69, 9.17) is 4.74 Å². The summed E-state index contributed by atoms with van der Waals surface area (Å²) in [5.41, 5.74) is 0.102. The number of benzene rings is 1. The monoisotopic (exact) mass is 579 g/mol. The number of aromatic nitrogens is 1. The van der Waals surface area contributed by atoms with Gasteiger partial charge in [0.15, 0.2) is 0 Å². The molecule has 2 aromatic rings. The van der Waals surface area contributed by atoms with Gasteiger partial charge in [0.25, 0.3) is 5.56 Å². The number of pyridine rings is 1. The first-order valence-electron chi connectivity index (χ1n) is 10.3. The molecule has 1 aromatic carbocycles. The van der Waals surface area contributed by atoms with E-state index in [-0.39, 0.29) is 47.9 Å². The Bertz CT molecular complexity index is 1150. The van der Waals surface area contributed by atoms with Gasteiger partial charge in [0.2, 0.25) is 10.0 Å². The van der Waals surface area contributed by atoms with Crippen LogP contribution in [0.5, 0.6) is 0 Å². The number of anilines is 3. The minimum Gasteiger partial charge on any atom is -0.396 e. The highest BCUT2D eigenvalue weighted by Gasteiger charge is 2.48. The van der Waals surface area contributed by atoms with Gasteiger partial charge in [-0.15, -0.1) is 0 Å². The van der Waals surface area contributed by atoms with Crippen molar-refractivity contribution in [2.24, 2.45) is 7.05 Å². The second kappa shape index (κ2) is 10.1. The Labute approximate surface area is 200 Å². The second-order valence-corrected chi connectivity index (χ2v) is 11.1. The Morgan fingerprint density at radius 2 is 2.00 bits per heavy atom. The zero-order chi connectivity index (χ0) is 23.5. The fourth-order valence-electron chi connectivity index (χ4n) is 3.75. The third-order valence-electron chi connectivity index (χ3n) is 5.78. The van der Waals surface area contributed by atoms with Crippen LogP contribution >= 0.6 is 22.6 Å². The molecule has 0 spiro atoms. The van der Waals surface area contributed by atoms with Crippen molar-refractivity contribution < 1.29 is 22.7 Å². The van der Waals surface area contributed by atoms with Crippen molar-refractivity contribution in [3.05, 3.63) is 49.6 Å². The van der Waals surface area contributed by atoms with E-state index in [1.165, 1.54) is 29.8 Å². The molecule has 0 atom stereocenters. The highest BCUT2D eigenvalue weighted by Crippen LogP contribution is 2.43. The zero-order valence-electron chi connectivity index (χ0n) is 18.0. The highest BCUT2D eigenvalue weighted by molar-refractivity contribution is 14.1. The van der Waals surface area contributed by atoms with E-state index in [1.807, 2.05) is 22.6 Å². The molecule has 0 unspecified atom stereocenters. The minimum atomic E-state index is -3.90. The van der Waals surface area contributed by atoms with Crippen LogP contribution < -0.4 is 15.6 Å². The number of halogens is 2. The average Bonchev–Trinajstić information content (AvgIpc) is 2.70. The summed E-state index contributed by atoms with van der Waals surface area (Å²) in [6.07, 6.45) is 1.75. The fraction of sp³-hybridized carbons (Fsp3) is 0.476. The number of aliphatic hydroxyl groups excluding tert-OH is 1. The maximum absolute atomic E-state index is 14.5. The van der Waals surface area contributed by atoms with Gasteiger partial charge in [-0.1, -0.05) is 6.42 Å². The minimum absolute atomic E-state index is 0.0118. The molecular formula is C21H27FIN3O5S. The molecule has 0 saturated heterocycles. The van der Waals surface area contributed by atoms with E-state index in [0.717, 1.165) is 6.42 Å². The predicted octanol–water partition coefficient (Wildman–Crippen LogP) is 3.46. The van der Waals surface area contributed by atoms with Gasteiger partial charge < -0.3 is 15.2 Å². The molecule has 1 aromatic heterocycles. The highest BCUT2D eigenvalue weighted by atomic mass is 127. The summed E-state index contributed by atoms with van der Waals surface area (Å²) in [5, 5.41) is 12.3. The van der Waals surface area contributed by atoms with Gasteiger partial charge in [-0.2, -0.15) is 0 Å². The van der Waals surface area contributed by atoms with Crippen molar-refractivity contribution in [1.82, 2.24) is 4.57 Å². The first-order valence-corrected chi connectivity index (χ1v) is 12.9. The van der Waals surface area contributed by atoms with Gasteiger partial charge in [-0.05, 0) is 73.0 Å². The van der Waals surface area contributed by atoms with Crippen molar-refractivity contribution in [2.45, 2.75) is 44.0 Å². The van der Waals surface area contributed by atoms with Crippen molar-refractivity contribution in [2.75, 3.05) is 23.3 Å². The van der Waals surface area contributed by atoms with Crippen LogP contribution in [0.15, 0.2) is 29.1 Å². The SMILES string of the molecule is CCOCc1cc(NS(=O)(=O)C2(CCO)CCC2)c(Nc2ccc(I)cc2F)n(C)c1=O. The van der Waals surface area contributed by atoms with Gasteiger partial charge in [-0.3, -0.25) is 14.1 Å². The summed E-state index contributed by atoms with van der Waals surface area (Å²) in [5.74, 6) is -0.426. The molecule has 8 nitrogen and oxygen atoms in total. The number of rotatable bonds is 10. The van der Waals surface area contributed by atoms with E-state index in [0.29, 0.717) is 23.0 Å². The van der Waals surface area contributed by atoms with Crippen LogP contribution in [0.1, 0.15) is 38.2 Å². The first-order chi connectivity index (χ1) is 15.1. The van der Waals surface area contributed by atoms with Gasteiger partial charge in [0.05, 0.1) is 22.7 Å². The number of nitrogens with zero attached hydrogens (tertiary/aromatic N) is 1. The Morgan fingerprint density at radius 1 is 1.28 bits per heavy atom. The number of aliphatic hydroxyl groups is 1. The van der Waals surface area contributed by atoms with E-state index in [9.17, 15) is 22.7 Å². The summed E-state index contributed by atoms with van der Waals surface area (Å²) in [4.78, 5) is 12.8. The number of ether oxygens (including phenoxy) is 1. The van der Waals surface area contributed by atoms with Crippen LogP contribution in [0.3, 0.4) is 0 Å². The smallest absolute Gasteiger partial charge is 0.257 e. The molecule has 1 aliphatic carbocycles. The summed E-state index contributed by atoms with van der Waals surface area (Å²) in [7, 11) is -2.42. The second-order valence-electron chi connectivity index (χ2n) is 7.80. The molecule has 1 aliphatic rings. The third kappa shape index (κ3) is 4.95. The Morgan fingerprint density at radius 3 is 2.56 bits per heavy atom. The molecule has 0 amide bonds. The molecule has 0 aliphatic heterocycles. The third-order valence-corrected chi connectivity index (χ3v) is 8.69.